The Bertz CT molecular complexity index is 1080. The van der Waals surface area contributed by atoms with E-state index in [2.05, 4.69) is 26.9 Å². The monoisotopic (exact) mass is 519 g/mol. The topological polar surface area (TPSA) is 80.2 Å². The highest BCUT2D eigenvalue weighted by Crippen LogP contribution is 2.37. The summed E-state index contributed by atoms with van der Waals surface area (Å²) in [5.74, 6) is -0.219. The van der Waals surface area contributed by atoms with Crippen LogP contribution in [0.25, 0.3) is 0 Å². The predicted octanol–water partition coefficient (Wildman–Crippen LogP) is 4.78. The number of aryl methyl sites for hydroxylation is 1. The minimum absolute atomic E-state index is 0.00944. The van der Waals surface area contributed by atoms with E-state index >= 15 is 0 Å². The van der Waals surface area contributed by atoms with Crippen LogP contribution >= 0.6 is 0 Å². The number of nitrogens with zero attached hydrogens (tertiary/aromatic N) is 5. The van der Waals surface area contributed by atoms with Gasteiger partial charge in [-0.05, 0) is 36.2 Å². The predicted molar refractivity (Wildman–Crippen MR) is 134 cm³/mol. The van der Waals surface area contributed by atoms with Crippen molar-refractivity contribution in [3.8, 4) is 5.75 Å². The molecule has 0 bridgehead atoms. The zero-order valence-corrected chi connectivity index (χ0v) is 21.2. The molecule has 2 aromatic rings. The molecule has 0 saturated carbocycles. The van der Waals surface area contributed by atoms with Crippen LogP contribution in [0.3, 0.4) is 0 Å². The molecule has 0 spiro atoms. The maximum atomic E-state index is 13.5. The second-order valence-corrected chi connectivity index (χ2v) is 9.40. The highest BCUT2D eigenvalue weighted by molar-refractivity contribution is 5.96. The van der Waals surface area contributed by atoms with Gasteiger partial charge in [0.05, 0.1) is 25.3 Å². The van der Waals surface area contributed by atoms with Crippen LogP contribution in [-0.2, 0) is 16.0 Å². The maximum absolute atomic E-state index is 13.5. The number of aromatic nitrogens is 2. The van der Waals surface area contributed by atoms with Gasteiger partial charge >= 0.3 is 12.1 Å². The molecule has 0 radical (unpaired) electrons. The lowest BCUT2D eigenvalue weighted by atomic mass is 9.94. The first kappa shape index (κ1) is 26.7. The summed E-state index contributed by atoms with van der Waals surface area (Å²) >= 11 is 0. The molecule has 2 aliphatic heterocycles. The van der Waals surface area contributed by atoms with Crippen LogP contribution in [0.15, 0.2) is 41.8 Å². The van der Waals surface area contributed by atoms with Gasteiger partial charge in [-0.15, -0.1) is 0 Å². The molecule has 0 unspecified atom stereocenters. The number of hydrogen-bond acceptors (Lipinski definition) is 8. The number of carbonyl (C=O) groups excluding carboxylic acids is 1. The smallest absolute Gasteiger partial charge is 0.431 e. The fourth-order valence-corrected chi connectivity index (χ4v) is 4.73. The molecule has 8 nitrogen and oxygen atoms in total. The third kappa shape index (κ3) is 6.31. The third-order valence-electron chi connectivity index (χ3n) is 6.79. The Morgan fingerprint density at radius 2 is 1.76 bits per heavy atom. The Labute approximate surface area is 214 Å². The lowest BCUT2D eigenvalue weighted by Crippen LogP contribution is -2.39. The summed E-state index contributed by atoms with van der Waals surface area (Å²) in [6.45, 7) is 5.09. The molecule has 4 rings (SSSR count). The number of esters is 1. The summed E-state index contributed by atoms with van der Waals surface area (Å²) in [5.41, 5.74) is 0.677. The van der Waals surface area contributed by atoms with Gasteiger partial charge in [0.2, 0.25) is 5.95 Å². The van der Waals surface area contributed by atoms with E-state index in [9.17, 15) is 18.0 Å². The fourth-order valence-electron chi connectivity index (χ4n) is 4.73. The molecule has 2 aliphatic rings. The second-order valence-electron chi connectivity index (χ2n) is 9.40. The minimum atomic E-state index is -4.58. The average molecular weight is 520 g/mol. The van der Waals surface area contributed by atoms with Gasteiger partial charge in [0.15, 0.2) is 0 Å². The van der Waals surface area contributed by atoms with E-state index in [1.807, 2.05) is 12.4 Å². The van der Waals surface area contributed by atoms with Gasteiger partial charge in [-0.25, -0.2) is 9.97 Å². The van der Waals surface area contributed by atoms with Gasteiger partial charge in [-0.3, -0.25) is 9.80 Å². The van der Waals surface area contributed by atoms with Crippen molar-refractivity contribution in [2.45, 2.75) is 64.3 Å². The molecule has 1 aromatic carbocycles. The first-order valence-electron chi connectivity index (χ1n) is 12.5. The number of hydrazone groups is 1. The Kier molecular flexibility index (Phi) is 8.19. The van der Waals surface area contributed by atoms with Crippen molar-refractivity contribution < 1.29 is 27.4 Å². The summed E-state index contributed by atoms with van der Waals surface area (Å²) in [5, 5.41) is 5.10. The largest absolute Gasteiger partial charge is 0.490 e. The van der Waals surface area contributed by atoms with Gasteiger partial charge in [-0.1, -0.05) is 20.3 Å². The number of ether oxygens (including phenoxy) is 2. The number of halogens is 3. The molecule has 2 atom stereocenters. The molecular formula is C26H32F3N5O3. The normalized spacial score (nSPS) is 20.6. The number of alkyl halides is 3. The Hall–Kier alpha value is -3.37. The van der Waals surface area contributed by atoms with Gasteiger partial charge in [0, 0.05) is 44.2 Å². The van der Waals surface area contributed by atoms with E-state index < -0.39 is 29.8 Å². The zero-order chi connectivity index (χ0) is 26.6. The van der Waals surface area contributed by atoms with Crippen LogP contribution in [0.5, 0.6) is 5.75 Å². The van der Waals surface area contributed by atoms with Crippen molar-refractivity contribution >= 4 is 23.3 Å². The third-order valence-corrected chi connectivity index (χ3v) is 6.79. The van der Waals surface area contributed by atoms with Crippen LogP contribution in [0, 0.1) is 5.92 Å². The van der Waals surface area contributed by atoms with E-state index in [0.29, 0.717) is 11.4 Å². The van der Waals surface area contributed by atoms with Crippen LogP contribution in [0.2, 0.25) is 0 Å². The van der Waals surface area contributed by atoms with Gasteiger partial charge in [0.25, 0.3) is 0 Å². The minimum Gasteiger partial charge on any atom is -0.490 e. The molecule has 0 amide bonds. The standard InChI is InChI=1S/C26H32F3N5O3/c1-4-5-18-15-30-25(31-16-18)33-12-10-21(11-13-33)37-20-8-6-19(7-9-20)34-22(14-23(35)36-3)17(2)24(32-34)26(27,28)29/h6-9,15-17,21-22H,4-5,10-14H2,1-3H3/t17-,22-/m0/s1. The lowest BCUT2D eigenvalue weighted by Gasteiger charge is -2.32. The van der Waals surface area contributed by atoms with Crippen LogP contribution in [0.4, 0.5) is 24.8 Å². The zero-order valence-electron chi connectivity index (χ0n) is 21.2. The summed E-state index contributed by atoms with van der Waals surface area (Å²) in [4.78, 5) is 23.0. The number of rotatable bonds is 8. The van der Waals surface area contributed by atoms with Crippen LogP contribution in [-0.4, -0.2) is 60.2 Å². The van der Waals surface area contributed by atoms with Crippen molar-refractivity contribution in [1.82, 2.24) is 9.97 Å². The van der Waals surface area contributed by atoms with Crippen LogP contribution in [0.1, 0.15) is 45.1 Å². The Morgan fingerprint density at radius 3 is 2.32 bits per heavy atom. The van der Waals surface area contributed by atoms with E-state index in [0.717, 1.165) is 50.3 Å². The molecule has 11 heteroatoms. The highest BCUT2D eigenvalue weighted by Gasteiger charge is 2.48. The number of methoxy groups -OCH3 is 1. The molecule has 200 valence electrons. The van der Waals surface area contributed by atoms with E-state index in [1.54, 1.807) is 24.3 Å². The van der Waals surface area contributed by atoms with Crippen molar-refractivity contribution in [3.63, 3.8) is 0 Å². The van der Waals surface area contributed by atoms with Crippen molar-refractivity contribution in [2.24, 2.45) is 11.0 Å². The molecule has 37 heavy (non-hydrogen) atoms. The summed E-state index contributed by atoms with van der Waals surface area (Å²) in [6.07, 6.45) is 2.61. The van der Waals surface area contributed by atoms with Crippen molar-refractivity contribution in [1.29, 1.82) is 0 Å². The first-order valence-corrected chi connectivity index (χ1v) is 12.5. The fraction of sp³-hybridized carbons (Fsp3) is 0.538. The van der Waals surface area contributed by atoms with Crippen LogP contribution < -0.4 is 14.6 Å². The lowest BCUT2D eigenvalue weighted by molar-refractivity contribution is -0.141. The number of carbonyl (C=O) groups is 1. The molecule has 1 saturated heterocycles. The molecule has 0 aliphatic carbocycles. The molecule has 0 N–H and O–H groups in total. The highest BCUT2D eigenvalue weighted by atomic mass is 19.4. The summed E-state index contributed by atoms with van der Waals surface area (Å²) in [6, 6.07) is 5.97. The average Bonchev–Trinajstić information content (AvgIpc) is 3.22. The second kappa shape index (κ2) is 11.4. The van der Waals surface area contributed by atoms with E-state index in [4.69, 9.17) is 9.47 Å². The van der Waals surface area contributed by atoms with Gasteiger partial charge in [-0.2, -0.15) is 18.3 Å². The van der Waals surface area contributed by atoms with Crippen molar-refractivity contribution in [3.05, 3.63) is 42.2 Å². The number of piperidine rings is 1. The number of anilines is 2. The number of hydrogen-bond donors (Lipinski definition) is 0. The van der Waals surface area contributed by atoms with E-state index in [1.165, 1.54) is 19.0 Å². The summed E-state index contributed by atoms with van der Waals surface area (Å²) < 4.78 is 51.3. The maximum Gasteiger partial charge on any atom is 0.431 e. The van der Waals surface area contributed by atoms with Gasteiger partial charge in [0.1, 0.15) is 17.6 Å². The Morgan fingerprint density at radius 1 is 1.11 bits per heavy atom. The van der Waals surface area contributed by atoms with E-state index in [-0.39, 0.29) is 12.5 Å². The SMILES string of the molecule is CCCc1cnc(N2CCC(Oc3ccc(N4N=C(C(F)(F)F)[C@@H](C)[C@@H]4CC(=O)OC)cc3)CC2)nc1. The van der Waals surface area contributed by atoms with Crippen molar-refractivity contribution in [2.75, 3.05) is 30.1 Å². The first-order chi connectivity index (χ1) is 17.7. The summed E-state index contributed by atoms with van der Waals surface area (Å²) in [7, 11) is 1.21. The Balaban J connectivity index is 1.37. The molecule has 3 heterocycles. The molecule has 1 fully saturated rings. The quantitative estimate of drug-likeness (QED) is 0.464. The molecule has 1 aromatic heterocycles. The van der Waals surface area contributed by atoms with Gasteiger partial charge < -0.3 is 14.4 Å². The number of benzene rings is 1. The molecular weight excluding hydrogens is 487 g/mol.